The van der Waals surface area contributed by atoms with Crippen molar-refractivity contribution in [3.63, 3.8) is 0 Å². The minimum Gasteiger partial charge on any atom is -0.497 e. The van der Waals surface area contributed by atoms with Crippen LogP contribution in [0.15, 0.2) is 42.5 Å². The molecule has 21 heavy (non-hydrogen) atoms. The monoisotopic (exact) mass is 303 g/mol. The zero-order chi connectivity index (χ0) is 15.2. The molecular weight excluding hydrogens is 282 g/mol. The molecule has 1 unspecified atom stereocenters. The molecule has 0 amide bonds. The minimum atomic E-state index is 0.291. The number of hydrogen-bond donors (Lipinski definition) is 1. The summed E-state index contributed by atoms with van der Waals surface area (Å²) < 4.78 is 5.26. The van der Waals surface area contributed by atoms with Gasteiger partial charge in [-0.2, -0.15) is 0 Å². The summed E-state index contributed by atoms with van der Waals surface area (Å²) in [6.45, 7) is 4.29. The number of nitrogens with one attached hydrogen (secondary N) is 1. The molecule has 0 aliphatic rings. The summed E-state index contributed by atoms with van der Waals surface area (Å²) in [7, 11) is 1.69. The van der Waals surface area contributed by atoms with E-state index in [1.165, 1.54) is 11.1 Å². The molecule has 2 rings (SSSR count). The Hall–Kier alpha value is -1.67. The van der Waals surface area contributed by atoms with Crippen molar-refractivity contribution in [1.82, 2.24) is 0 Å². The van der Waals surface area contributed by atoms with Crippen molar-refractivity contribution in [1.29, 1.82) is 0 Å². The Morgan fingerprint density at radius 3 is 2.43 bits per heavy atom. The van der Waals surface area contributed by atoms with E-state index in [4.69, 9.17) is 16.3 Å². The lowest BCUT2D eigenvalue weighted by atomic mass is 10.0. The summed E-state index contributed by atoms with van der Waals surface area (Å²) >= 11 is 5.98. The maximum absolute atomic E-state index is 5.98. The highest BCUT2D eigenvalue weighted by Crippen LogP contribution is 2.28. The Morgan fingerprint density at radius 1 is 1.14 bits per heavy atom. The molecule has 0 saturated carbocycles. The fourth-order valence-electron chi connectivity index (χ4n) is 2.42. The first-order valence-electron chi connectivity index (χ1n) is 7.30. The normalized spacial score (nSPS) is 12.0. The summed E-state index contributed by atoms with van der Waals surface area (Å²) in [5, 5.41) is 4.41. The van der Waals surface area contributed by atoms with Crippen molar-refractivity contribution in [2.45, 2.75) is 32.7 Å². The molecule has 1 N–H and O–H groups in total. The average Bonchev–Trinajstić information content (AvgIpc) is 2.49. The van der Waals surface area contributed by atoms with Crippen LogP contribution in [0.25, 0.3) is 0 Å². The van der Waals surface area contributed by atoms with Crippen LogP contribution in [0.5, 0.6) is 5.75 Å². The van der Waals surface area contributed by atoms with Crippen LogP contribution in [0.1, 0.15) is 36.9 Å². The number of ether oxygens (including phenoxy) is 1. The second-order valence-corrected chi connectivity index (χ2v) is 5.65. The molecule has 2 nitrogen and oxygen atoms in total. The minimum absolute atomic E-state index is 0.291. The van der Waals surface area contributed by atoms with Gasteiger partial charge in [-0.1, -0.05) is 37.1 Å². The van der Waals surface area contributed by atoms with Gasteiger partial charge in [0.25, 0.3) is 0 Å². The first kappa shape index (κ1) is 15.7. The van der Waals surface area contributed by atoms with Gasteiger partial charge in [0.15, 0.2) is 0 Å². The zero-order valence-corrected chi connectivity index (χ0v) is 13.6. The molecule has 1 atom stereocenters. The molecule has 2 aromatic carbocycles. The largest absolute Gasteiger partial charge is 0.497 e. The molecule has 0 aliphatic carbocycles. The summed E-state index contributed by atoms with van der Waals surface area (Å²) in [6, 6.07) is 14.5. The van der Waals surface area contributed by atoms with Crippen LogP contribution in [0.3, 0.4) is 0 Å². The van der Waals surface area contributed by atoms with Gasteiger partial charge < -0.3 is 10.1 Å². The quantitative estimate of drug-likeness (QED) is 0.749. The first-order chi connectivity index (χ1) is 10.1. The molecule has 0 radical (unpaired) electrons. The highest BCUT2D eigenvalue weighted by Gasteiger charge is 2.12. The van der Waals surface area contributed by atoms with E-state index in [1.54, 1.807) is 7.11 Å². The summed E-state index contributed by atoms with van der Waals surface area (Å²) in [5.74, 6) is 0.886. The molecule has 3 heteroatoms. The number of anilines is 1. The second-order valence-electron chi connectivity index (χ2n) is 5.22. The highest BCUT2D eigenvalue weighted by atomic mass is 35.5. The maximum atomic E-state index is 5.98. The third-order valence-corrected chi connectivity index (χ3v) is 3.87. The third-order valence-electron chi connectivity index (χ3n) is 3.61. The molecule has 0 aliphatic heterocycles. The summed E-state index contributed by atoms with van der Waals surface area (Å²) in [5.41, 5.74) is 3.59. The van der Waals surface area contributed by atoms with E-state index in [9.17, 15) is 0 Å². The van der Waals surface area contributed by atoms with Crippen molar-refractivity contribution in [3.8, 4) is 5.75 Å². The molecule has 0 bridgehead atoms. The molecule has 0 aromatic heterocycles. The lowest BCUT2D eigenvalue weighted by molar-refractivity contribution is 0.414. The number of methoxy groups -OCH3 is 1. The van der Waals surface area contributed by atoms with E-state index in [-0.39, 0.29) is 0 Å². The van der Waals surface area contributed by atoms with E-state index in [1.807, 2.05) is 24.3 Å². The van der Waals surface area contributed by atoms with Crippen LogP contribution in [-0.2, 0) is 0 Å². The lowest BCUT2D eigenvalue weighted by Crippen LogP contribution is -2.11. The molecule has 0 saturated heterocycles. The highest BCUT2D eigenvalue weighted by molar-refractivity contribution is 6.30. The van der Waals surface area contributed by atoms with E-state index in [2.05, 4.69) is 37.4 Å². The molecule has 0 spiro atoms. The predicted molar refractivity (Wildman–Crippen MR) is 90.5 cm³/mol. The Morgan fingerprint density at radius 2 is 1.86 bits per heavy atom. The molecule has 112 valence electrons. The summed E-state index contributed by atoms with van der Waals surface area (Å²) in [4.78, 5) is 0. The SMILES string of the molecule is CCCC(Nc1ccc(OC)cc1C)c1ccc(Cl)cc1. The van der Waals surface area contributed by atoms with Gasteiger partial charge in [0.05, 0.1) is 13.2 Å². The molecule has 0 fully saturated rings. The Bertz CT molecular complexity index is 580. The molecular formula is C18H22ClNO. The van der Waals surface area contributed by atoms with E-state index in [0.29, 0.717) is 6.04 Å². The standard InChI is InChI=1S/C18H22ClNO/c1-4-5-18(14-6-8-15(19)9-7-14)20-17-11-10-16(21-3)12-13(17)2/h6-12,18,20H,4-5H2,1-3H3. The van der Waals surface area contributed by atoms with Crippen LogP contribution < -0.4 is 10.1 Å². The Labute approximate surface area is 132 Å². The van der Waals surface area contributed by atoms with Gasteiger partial charge in [0, 0.05) is 10.7 Å². The maximum Gasteiger partial charge on any atom is 0.119 e. The smallest absolute Gasteiger partial charge is 0.119 e. The van der Waals surface area contributed by atoms with E-state index >= 15 is 0 Å². The number of hydrogen-bond acceptors (Lipinski definition) is 2. The second kappa shape index (κ2) is 7.37. The third kappa shape index (κ3) is 4.15. The number of aryl methyl sites for hydroxylation is 1. The summed E-state index contributed by atoms with van der Waals surface area (Å²) in [6.07, 6.45) is 2.20. The van der Waals surface area contributed by atoms with Crippen molar-refractivity contribution < 1.29 is 4.74 Å². The van der Waals surface area contributed by atoms with Crippen molar-refractivity contribution in [3.05, 3.63) is 58.6 Å². The van der Waals surface area contributed by atoms with E-state index < -0.39 is 0 Å². The fourth-order valence-corrected chi connectivity index (χ4v) is 2.54. The molecule has 0 heterocycles. The average molecular weight is 304 g/mol. The topological polar surface area (TPSA) is 21.3 Å². The van der Waals surface area contributed by atoms with Gasteiger partial charge in [-0.25, -0.2) is 0 Å². The van der Waals surface area contributed by atoms with Gasteiger partial charge >= 0.3 is 0 Å². The zero-order valence-electron chi connectivity index (χ0n) is 12.8. The number of rotatable bonds is 6. The van der Waals surface area contributed by atoms with Crippen LogP contribution in [0.4, 0.5) is 5.69 Å². The molecule has 2 aromatic rings. The van der Waals surface area contributed by atoms with Crippen LogP contribution in [-0.4, -0.2) is 7.11 Å². The van der Waals surface area contributed by atoms with Gasteiger partial charge in [0.1, 0.15) is 5.75 Å². The fraction of sp³-hybridized carbons (Fsp3) is 0.333. The van der Waals surface area contributed by atoms with E-state index in [0.717, 1.165) is 29.3 Å². The Balaban J connectivity index is 2.21. The van der Waals surface area contributed by atoms with Crippen molar-refractivity contribution in [2.75, 3.05) is 12.4 Å². The predicted octanol–water partition coefficient (Wildman–Crippen LogP) is 5.61. The van der Waals surface area contributed by atoms with Crippen LogP contribution in [0.2, 0.25) is 5.02 Å². The van der Waals surface area contributed by atoms with Crippen LogP contribution in [0, 0.1) is 6.92 Å². The Kier molecular flexibility index (Phi) is 5.51. The first-order valence-corrected chi connectivity index (χ1v) is 7.68. The van der Waals surface area contributed by atoms with Crippen molar-refractivity contribution >= 4 is 17.3 Å². The van der Waals surface area contributed by atoms with Crippen LogP contribution >= 0.6 is 11.6 Å². The lowest BCUT2D eigenvalue weighted by Gasteiger charge is -2.21. The van der Waals surface area contributed by atoms with Gasteiger partial charge in [-0.15, -0.1) is 0 Å². The van der Waals surface area contributed by atoms with Gasteiger partial charge in [-0.05, 0) is 54.8 Å². The number of benzene rings is 2. The van der Waals surface area contributed by atoms with Crippen molar-refractivity contribution in [2.24, 2.45) is 0 Å². The number of halogens is 1. The van der Waals surface area contributed by atoms with Gasteiger partial charge in [0.2, 0.25) is 0 Å². The van der Waals surface area contributed by atoms with Gasteiger partial charge in [-0.3, -0.25) is 0 Å².